The molecule has 20 heavy (non-hydrogen) atoms. The molecule has 0 aliphatic rings. The minimum atomic E-state index is -0.608. The number of nitrogens with zero attached hydrogens (tertiary/aromatic N) is 3. The van der Waals surface area contributed by atoms with E-state index in [1.54, 1.807) is 28.8 Å². The zero-order valence-electron chi connectivity index (χ0n) is 11.0. The number of carbonyl (C=O) groups excluding carboxylic acids is 1. The van der Waals surface area contributed by atoms with Crippen molar-refractivity contribution in [2.75, 3.05) is 5.32 Å². The molecule has 0 spiro atoms. The molecule has 2 aromatic heterocycles. The van der Waals surface area contributed by atoms with Crippen molar-refractivity contribution in [1.29, 1.82) is 0 Å². The molecule has 7 heteroatoms. The first-order valence-corrected chi connectivity index (χ1v) is 6.82. The van der Waals surface area contributed by atoms with Gasteiger partial charge in [0.25, 0.3) is 5.95 Å². The van der Waals surface area contributed by atoms with Gasteiger partial charge < -0.3 is 4.74 Å². The van der Waals surface area contributed by atoms with Gasteiger partial charge in [-0.3, -0.25) is 5.32 Å². The van der Waals surface area contributed by atoms with Gasteiger partial charge in [0.05, 0.1) is 5.69 Å². The van der Waals surface area contributed by atoms with Gasteiger partial charge in [-0.25, -0.2) is 9.31 Å². The van der Waals surface area contributed by atoms with Gasteiger partial charge >= 0.3 is 6.09 Å². The Morgan fingerprint density at radius 2 is 2.05 bits per heavy atom. The van der Waals surface area contributed by atoms with Crippen molar-refractivity contribution in [3.63, 3.8) is 0 Å². The van der Waals surface area contributed by atoms with Gasteiger partial charge in [0, 0.05) is 4.88 Å². The van der Waals surface area contributed by atoms with Crippen LogP contribution < -0.4 is 10.1 Å². The van der Waals surface area contributed by atoms with Crippen molar-refractivity contribution >= 4 is 28.3 Å². The first kappa shape index (κ1) is 12.6. The minimum Gasteiger partial charge on any atom is -0.410 e. The van der Waals surface area contributed by atoms with Crippen molar-refractivity contribution in [2.45, 2.75) is 13.8 Å². The summed E-state index contributed by atoms with van der Waals surface area (Å²) in [6.45, 7) is 3.96. The standard InChI is InChI=1S/C13H12N4O2S/c1-8-9(2)20-12-14-11(16-17(8)12)15-13(18)19-10-6-4-3-5-7-10/h3-7H,1-2H3,(H,15,16,18). The zero-order chi connectivity index (χ0) is 14.1. The van der Waals surface area contributed by atoms with Gasteiger partial charge in [-0.2, -0.15) is 4.98 Å². The van der Waals surface area contributed by atoms with E-state index < -0.39 is 6.09 Å². The number of thiazole rings is 1. The molecule has 6 nitrogen and oxygen atoms in total. The quantitative estimate of drug-likeness (QED) is 0.787. The number of para-hydroxylation sites is 1. The smallest absolute Gasteiger partial charge is 0.410 e. The first-order chi connectivity index (χ1) is 9.63. The molecule has 102 valence electrons. The van der Waals surface area contributed by atoms with Gasteiger partial charge in [-0.1, -0.05) is 29.5 Å². The molecule has 0 radical (unpaired) electrons. The van der Waals surface area contributed by atoms with E-state index in [9.17, 15) is 4.79 Å². The van der Waals surface area contributed by atoms with Gasteiger partial charge in [-0.05, 0) is 26.0 Å². The summed E-state index contributed by atoms with van der Waals surface area (Å²) in [6.07, 6.45) is -0.608. The highest BCUT2D eigenvalue weighted by atomic mass is 32.1. The lowest BCUT2D eigenvalue weighted by Crippen LogP contribution is -2.17. The predicted octanol–water partition coefficient (Wildman–Crippen LogP) is 3.02. The lowest BCUT2D eigenvalue weighted by atomic mass is 10.3. The van der Waals surface area contributed by atoms with Crippen molar-refractivity contribution in [2.24, 2.45) is 0 Å². The second kappa shape index (κ2) is 4.93. The van der Waals surface area contributed by atoms with Crippen LogP contribution in [0.3, 0.4) is 0 Å². The Kier molecular flexibility index (Phi) is 3.11. The summed E-state index contributed by atoms with van der Waals surface area (Å²) in [7, 11) is 0. The lowest BCUT2D eigenvalue weighted by Gasteiger charge is -2.02. The molecule has 0 saturated carbocycles. The second-order valence-corrected chi connectivity index (χ2v) is 5.38. The van der Waals surface area contributed by atoms with Crippen LogP contribution >= 0.6 is 11.3 Å². The van der Waals surface area contributed by atoms with E-state index in [1.165, 1.54) is 11.3 Å². The number of ether oxygens (including phenoxy) is 1. The molecule has 1 N–H and O–H groups in total. The summed E-state index contributed by atoms with van der Waals surface area (Å²) < 4.78 is 6.82. The van der Waals surface area contributed by atoms with Crippen LogP contribution in [0.4, 0.5) is 10.7 Å². The molecule has 1 aromatic carbocycles. The topological polar surface area (TPSA) is 68.5 Å². The molecule has 2 heterocycles. The highest BCUT2D eigenvalue weighted by molar-refractivity contribution is 7.17. The molecule has 1 amide bonds. The average Bonchev–Trinajstić information content (AvgIpc) is 2.91. The number of rotatable bonds is 2. The first-order valence-electron chi connectivity index (χ1n) is 6.00. The van der Waals surface area contributed by atoms with Crippen LogP contribution in [0.15, 0.2) is 30.3 Å². The number of nitrogens with one attached hydrogen (secondary N) is 1. The number of hydrogen-bond acceptors (Lipinski definition) is 5. The van der Waals surface area contributed by atoms with Gasteiger partial charge in [0.15, 0.2) is 0 Å². The molecule has 0 fully saturated rings. The summed E-state index contributed by atoms with van der Waals surface area (Å²) in [5, 5.41) is 6.73. The highest BCUT2D eigenvalue weighted by Gasteiger charge is 2.13. The molecule has 3 aromatic rings. The van der Waals surface area contributed by atoms with Crippen LogP contribution in [-0.2, 0) is 0 Å². The molecule has 0 aliphatic heterocycles. The third-order valence-electron chi connectivity index (χ3n) is 2.82. The Balaban J connectivity index is 1.74. The Labute approximate surface area is 119 Å². The van der Waals surface area contributed by atoms with Gasteiger partial charge in [-0.15, -0.1) is 5.10 Å². The Morgan fingerprint density at radius 3 is 2.75 bits per heavy atom. The van der Waals surface area contributed by atoms with E-state index in [4.69, 9.17) is 4.74 Å². The van der Waals surface area contributed by atoms with E-state index >= 15 is 0 Å². The summed E-state index contributed by atoms with van der Waals surface area (Å²) in [6, 6.07) is 8.83. The van der Waals surface area contributed by atoms with Crippen molar-refractivity contribution < 1.29 is 9.53 Å². The monoisotopic (exact) mass is 288 g/mol. The Morgan fingerprint density at radius 1 is 1.30 bits per heavy atom. The zero-order valence-corrected chi connectivity index (χ0v) is 11.8. The molecule has 0 aliphatic carbocycles. The molecule has 0 atom stereocenters. The van der Waals surface area contributed by atoms with Crippen LogP contribution in [0.5, 0.6) is 5.75 Å². The molecular weight excluding hydrogens is 276 g/mol. The fourth-order valence-electron chi connectivity index (χ4n) is 1.71. The maximum atomic E-state index is 11.7. The normalized spacial score (nSPS) is 10.7. The largest absolute Gasteiger partial charge is 0.419 e. The Hall–Kier alpha value is -2.41. The fraction of sp³-hybridized carbons (Fsp3) is 0.154. The summed E-state index contributed by atoms with van der Waals surface area (Å²) in [5.41, 5.74) is 1.02. The number of fused-ring (bicyclic) bond motifs is 1. The highest BCUT2D eigenvalue weighted by Crippen LogP contribution is 2.21. The van der Waals surface area contributed by atoms with E-state index in [1.807, 2.05) is 19.9 Å². The number of aromatic nitrogens is 3. The molecule has 0 saturated heterocycles. The predicted molar refractivity (Wildman–Crippen MR) is 76.4 cm³/mol. The van der Waals surface area contributed by atoms with Crippen LogP contribution in [0.25, 0.3) is 4.96 Å². The van der Waals surface area contributed by atoms with Crippen molar-refractivity contribution in [3.05, 3.63) is 40.9 Å². The number of aryl methyl sites for hydroxylation is 2. The summed E-state index contributed by atoms with van der Waals surface area (Å²) >= 11 is 1.53. The molecule has 0 unspecified atom stereocenters. The third kappa shape index (κ3) is 2.35. The minimum absolute atomic E-state index is 0.236. The lowest BCUT2D eigenvalue weighted by molar-refractivity contribution is 0.215. The van der Waals surface area contributed by atoms with Crippen LogP contribution in [0.1, 0.15) is 10.6 Å². The number of anilines is 1. The second-order valence-electron chi connectivity index (χ2n) is 4.20. The summed E-state index contributed by atoms with van der Waals surface area (Å²) in [4.78, 5) is 17.8. The van der Waals surface area contributed by atoms with E-state index in [-0.39, 0.29) is 5.95 Å². The third-order valence-corrected chi connectivity index (χ3v) is 3.87. The summed E-state index contributed by atoms with van der Waals surface area (Å²) in [5.74, 6) is 0.707. The molecule has 0 bridgehead atoms. The average molecular weight is 288 g/mol. The van der Waals surface area contributed by atoms with Crippen molar-refractivity contribution in [3.8, 4) is 5.75 Å². The van der Waals surface area contributed by atoms with E-state index in [0.717, 1.165) is 15.5 Å². The van der Waals surface area contributed by atoms with E-state index in [0.29, 0.717) is 5.75 Å². The SMILES string of the molecule is Cc1sc2nc(NC(=O)Oc3ccccc3)nn2c1C. The number of hydrogen-bond donors (Lipinski definition) is 1. The fourth-order valence-corrected chi connectivity index (χ4v) is 2.61. The number of amides is 1. The molecular formula is C13H12N4O2S. The van der Waals surface area contributed by atoms with Crippen molar-refractivity contribution in [1.82, 2.24) is 14.6 Å². The number of carbonyl (C=O) groups is 1. The van der Waals surface area contributed by atoms with Gasteiger partial charge in [0.1, 0.15) is 5.75 Å². The van der Waals surface area contributed by atoms with Crippen LogP contribution in [0.2, 0.25) is 0 Å². The molecule has 3 rings (SSSR count). The number of benzene rings is 1. The Bertz CT molecular complexity index is 763. The van der Waals surface area contributed by atoms with Crippen LogP contribution in [0, 0.1) is 13.8 Å². The maximum absolute atomic E-state index is 11.7. The van der Waals surface area contributed by atoms with E-state index in [2.05, 4.69) is 15.4 Å². The van der Waals surface area contributed by atoms with Gasteiger partial charge in [0.2, 0.25) is 4.96 Å². The van der Waals surface area contributed by atoms with Crippen LogP contribution in [-0.4, -0.2) is 20.7 Å². The maximum Gasteiger partial charge on any atom is 0.419 e.